The van der Waals surface area contributed by atoms with Crippen molar-refractivity contribution in [1.29, 1.82) is 0 Å². The zero-order valence-corrected chi connectivity index (χ0v) is 19.9. The molecule has 1 aliphatic heterocycles. The molecule has 0 N–H and O–H groups in total. The number of aryl methyl sites for hydroxylation is 3. The van der Waals surface area contributed by atoms with Gasteiger partial charge in [0.05, 0.1) is 11.2 Å². The van der Waals surface area contributed by atoms with E-state index in [2.05, 4.69) is 23.5 Å². The number of aromatic nitrogens is 1. The van der Waals surface area contributed by atoms with Gasteiger partial charge in [-0.05, 0) is 65.9 Å². The molecule has 160 valence electrons. The first-order chi connectivity index (χ1) is 14.1. The minimum absolute atomic E-state index is 0.00533. The van der Waals surface area contributed by atoms with Crippen molar-refractivity contribution in [3.63, 3.8) is 0 Å². The Bertz CT molecular complexity index is 1090. The summed E-state index contributed by atoms with van der Waals surface area (Å²) in [4.78, 5) is 25.0. The predicted octanol–water partition coefficient (Wildman–Crippen LogP) is 4.79. The van der Waals surface area contributed by atoms with Crippen molar-refractivity contribution in [3.05, 3.63) is 27.3 Å². The molecule has 0 spiro atoms. The molecule has 30 heavy (non-hydrogen) atoms. The molecule has 0 saturated carbocycles. The van der Waals surface area contributed by atoms with Crippen molar-refractivity contribution in [1.82, 2.24) is 4.98 Å². The number of rotatable bonds is 4. The van der Waals surface area contributed by atoms with E-state index < -0.39 is 11.7 Å². The third-order valence-electron chi connectivity index (χ3n) is 6.04. The van der Waals surface area contributed by atoms with Crippen molar-refractivity contribution >= 4 is 39.3 Å². The first-order valence-electron chi connectivity index (χ1n) is 10.8. The number of thiophene rings is 1. The lowest BCUT2D eigenvalue weighted by atomic mass is 9.88. The molecule has 2 aromatic rings. The summed E-state index contributed by atoms with van der Waals surface area (Å²) in [6.45, 7) is 11.7. The summed E-state index contributed by atoms with van der Waals surface area (Å²) in [6, 6.07) is 0. The summed E-state index contributed by atoms with van der Waals surface area (Å²) < 4.78 is 8.53. The van der Waals surface area contributed by atoms with Gasteiger partial charge in [0.2, 0.25) is 11.9 Å². The number of carbonyl (C=O) groups excluding carboxylic acids is 1. The van der Waals surface area contributed by atoms with Crippen molar-refractivity contribution < 1.29 is 14.1 Å². The Morgan fingerprint density at radius 1 is 1.30 bits per heavy atom. The maximum absolute atomic E-state index is 12.8. The number of ether oxygens (including phenoxy) is 1. The van der Waals surface area contributed by atoms with E-state index in [1.807, 2.05) is 45.2 Å². The van der Waals surface area contributed by atoms with Crippen LogP contribution in [-0.2, 0) is 22.4 Å². The number of aliphatic imine (C=N–C) groups is 1. The number of hydrogen-bond donors (Lipinski definition) is 0. The summed E-state index contributed by atoms with van der Waals surface area (Å²) >= 11 is 1.82. The zero-order valence-electron chi connectivity index (χ0n) is 19.1. The molecule has 3 heterocycles. The van der Waals surface area contributed by atoms with Crippen LogP contribution in [0.2, 0.25) is 0 Å². The number of Topliss-reactive ketones (excluding diaryl/α,β-unsaturated/α-hetero) is 1. The molecule has 5 nitrogen and oxygen atoms in total. The third-order valence-corrected chi connectivity index (χ3v) is 7.23. The van der Waals surface area contributed by atoms with Crippen LogP contribution in [0.25, 0.3) is 10.2 Å². The summed E-state index contributed by atoms with van der Waals surface area (Å²) in [7, 11) is 2.07. The molecule has 2 aromatic heterocycles. The molecular weight excluding hydrogens is 394 g/mol. The Hall–Kier alpha value is -1.92. The van der Waals surface area contributed by atoms with Crippen molar-refractivity contribution in [2.75, 3.05) is 7.05 Å². The highest BCUT2D eigenvalue weighted by Crippen LogP contribution is 2.42. The molecule has 2 unspecified atom stereocenters. The van der Waals surface area contributed by atoms with Gasteiger partial charge in [-0.25, -0.2) is 14.6 Å². The predicted molar refractivity (Wildman–Crippen MR) is 124 cm³/mol. The molecule has 2 atom stereocenters. The van der Waals surface area contributed by atoms with E-state index in [0.717, 1.165) is 40.2 Å². The van der Waals surface area contributed by atoms with Crippen molar-refractivity contribution in [3.8, 4) is 0 Å². The lowest BCUT2D eigenvalue weighted by Crippen LogP contribution is -2.30. The Balaban J connectivity index is 2.09. The van der Waals surface area contributed by atoms with Gasteiger partial charge >= 0.3 is 0 Å². The summed E-state index contributed by atoms with van der Waals surface area (Å²) in [5.74, 6) is 0.00533. The number of fused-ring (bicyclic) bond motifs is 3. The molecule has 0 radical (unpaired) electrons. The topological polar surface area (TPSA) is 54.6 Å². The summed E-state index contributed by atoms with van der Waals surface area (Å²) in [5.41, 5.74) is 4.89. The van der Waals surface area contributed by atoms with Crippen LogP contribution in [0.4, 0.5) is 0 Å². The number of pyridine rings is 1. The highest BCUT2D eigenvalue weighted by atomic mass is 32.1. The first-order valence-corrected chi connectivity index (χ1v) is 11.7. The number of ketones is 1. The standard InChI is InChI=1S/C24H32N3O2S/c1-13-19(22(14(2)28)29-24(4,5)6)21(17-12-25-15(3)27(17)7)20-16-10-8-9-11-18(16)30-23(20)26-13/h12,15,22H,8-11H2,1-7H3/q+1. The average Bonchev–Trinajstić information content (AvgIpc) is 3.18. The SMILES string of the molecule is CC(=O)C(OC(C)(C)C)c1c(C)nc2sc3c(c2c1C1=[N+](C)C(C)N=C1)CCCC3. The van der Waals surface area contributed by atoms with E-state index in [4.69, 9.17) is 9.72 Å². The normalized spacial score (nSPS) is 20.2. The van der Waals surface area contributed by atoms with Crippen LogP contribution >= 0.6 is 11.3 Å². The summed E-state index contributed by atoms with van der Waals surface area (Å²) in [5, 5.41) is 1.21. The second kappa shape index (κ2) is 7.65. The molecule has 0 amide bonds. The minimum atomic E-state index is -0.652. The molecule has 0 fully saturated rings. The first kappa shape index (κ1) is 21.3. The van der Waals surface area contributed by atoms with Crippen LogP contribution in [0.3, 0.4) is 0 Å². The van der Waals surface area contributed by atoms with Gasteiger partial charge in [0, 0.05) is 28.4 Å². The van der Waals surface area contributed by atoms with Gasteiger partial charge in [-0.1, -0.05) is 0 Å². The highest BCUT2D eigenvalue weighted by molar-refractivity contribution is 7.19. The lowest BCUT2D eigenvalue weighted by molar-refractivity contribution is -0.526. The Morgan fingerprint density at radius 3 is 2.60 bits per heavy atom. The number of hydrogen-bond acceptors (Lipinski definition) is 5. The van der Waals surface area contributed by atoms with Crippen LogP contribution in [0, 0.1) is 6.92 Å². The smallest absolute Gasteiger partial charge is 0.243 e. The second-order valence-electron chi connectivity index (χ2n) is 9.50. The van der Waals surface area contributed by atoms with Gasteiger partial charge in [-0.2, -0.15) is 0 Å². The monoisotopic (exact) mass is 426 g/mol. The molecule has 0 bridgehead atoms. The van der Waals surface area contributed by atoms with Crippen molar-refractivity contribution in [2.45, 2.75) is 85.1 Å². The van der Waals surface area contributed by atoms with Gasteiger partial charge < -0.3 is 4.74 Å². The van der Waals surface area contributed by atoms with Crippen molar-refractivity contribution in [2.24, 2.45) is 4.99 Å². The molecule has 4 rings (SSSR count). The van der Waals surface area contributed by atoms with Crippen LogP contribution in [0.1, 0.15) is 80.8 Å². The molecule has 0 saturated heterocycles. The van der Waals surface area contributed by atoms with Gasteiger partial charge in [-0.15, -0.1) is 11.3 Å². The fraction of sp³-hybridized carbons (Fsp3) is 0.583. The quantitative estimate of drug-likeness (QED) is 0.661. The Kier molecular flexibility index (Phi) is 5.43. The minimum Gasteiger partial charge on any atom is -0.360 e. The van der Waals surface area contributed by atoms with E-state index in [1.54, 1.807) is 6.92 Å². The molecular formula is C24H32N3O2S+. The molecule has 1 aliphatic carbocycles. The number of nitrogens with zero attached hydrogens (tertiary/aromatic N) is 3. The van der Waals surface area contributed by atoms with Gasteiger partial charge in [-0.3, -0.25) is 4.79 Å². The van der Waals surface area contributed by atoms with Crippen LogP contribution in [0.15, 0.2) is 4.99 Å². The average molecular weight is 427 g/mol. The van der Waals surface area contributed by atoms with Gasteiger partial charge in [0.15, 0.2) is 5.78 Å². The Morgan fingerprint density at radius 2 is 2.00 bits per heavy atom. The lowest BCUT2D eigenvalue weighted by Gasteiger charge is -2.28. The summed E-state index contributed by atoms with van der Waals surface area (Å²) in [6.07, 6.45) is 6.01. The zero-order chi connectivity index (χ0) is 21.8. The van der Waals surface area contributed by atoms with E-state index in [9.17, 15) is 4.79 Å². The van der Waals surface area contributed by atoms with E-state index in [0.29, 0.717) is 0 Å². The maximum Gasteiger partial charge on any atom is 0.243 e. The third kappa shape index (κ3) is 3.65. The number of carbonyl (C=O) groups is 1. The molecule has 6 heteroatoms. The second-order valence-corrected chi connectivity index (χ2v) is 10.6. The van der Waals surface area contributed by atoms with E-state index >= 15 is 0 Å². The maximum atomic E-state index is 12.8. The van der Waals surface area contributed by atoms with Crippen LogP contribution < -0.4 is 0 Å². The largest absolute Gasteiger partial charge is 0.360 e. The fourth-order valence-electron chi connectivity index (χ4n) is 4.51. The van der Waals surface area contributed by atoms with E-state index in [-0.39, 0.29) is 11.9 Å². The van der Waals surface area contributed by atoms with Crippen LogP contribution in [0.5, 0.6) is 0 Å². The molecule has 0 aromatic carbocycles. The van der Waals surface area contributed by atoms with E-state index in [1.165, 1.54) is 28.7 Å². The van der Waals surface area contributed by atoms with Gasteiger partial charge in [0.25, 0.3) is 0 Å². The highest BCUT2D eigenvalue weighted by Gasteiger charge is 2.36. The van der Waals surface area contributed by atoms with Gasteiger partial charge in [0.1, 0.15) is 24.2 Å². The Labute approximate surface area is 182 Å². The fourth-order valence-corrected chi connectivity index (χ4v) is 5.83. The van der Waals surface area contributed by atoms with Crippen LogP contribution in [-0.4, -0.2) is 46.1 Å². The molecule has 2 aliphatic rings.